The second-order valence-corrected chi connectivity index (χ2v) is 3.29. The highest BCUT2D eigenvalue weighted by Crippen LogP contribution is 2.04. The molecule has 0 aromatic carbocycles. The number of amides is 2. The third kappa shape index (κ3) is 2.61. The van der Waals surface area contributed by atoms with Gasteiger partial charge in [0, 0.05) is 20.1 Å². The molecule has 5 nitrogen and oxygen atoms in total. The first kappa shape index (κ1) is 10.8. The van der Waals surface area contributed by atoms with Gasteiger partial charge in [-0.1, -0.05) is 0 Å². The Morgan fingerprint density at radius 1 is 1.50 bits per heavy atom. The summed E-state index contributed by atoms with van der Waals surface area (Å²) in [5.41, 5.74) is 0. The highest BCUT2D eigenvalue weighted by molar-refractivity contribution is 5.82. The van der Waals surface area contributed by atoms with Crippen molar-refractivity contribution < 1.29 is 14.3 Å². The van der Waals surface area contributed by atoms with E-state index in [2.05, 4.69) is 0 Å². The van der Waals surface area contributed by atoms with Crippen LogP contribution in [0.2, 0.25) is 0 Å². The van der Waals surface area contributed by atoms with Crippen molar-refractivity contribution in [2.24, 2.45) is 0 Å². The molecule has 1 heterocycles. The molecule has 1 aliphatic heterocycles. The molecule has 0 aromatic rings. The maximum absolute atomic E-state index is 11.4. The summed E-state index contributed by atoms with van der Waals surface area (Å²) in [6.45, 7) is 3.53. The lowest BCUT2D eigenvalue weighted by molar-refractivity contribution is -0.129. The molecule has 0 aliphatic carbocycles. The van der Waals surface area contributed by atoms with Crippen LogP contribution in [-0.2, 0) is 9.53 Å². The normalized spacial score (nSPS) is 18.0. The van der Waals surface area contributed by atoms with Gasteiger partial charge in [0.15, 0.2) is 0 Å². The van der Waals surface area contributed by atoms with Crippen LogP contribution in [-0.4, -0.2) is 55.1 Å². The van der Waals surface area contributed by atoms with E-state index in [1.165, 1.54) is 4.90 Å². The molecule has 1 aliphatic rings. The molecular weight excluding hydrogens is 184 g/mol. The number of hydrogen-bond acceptors (Lipinski definition) is 3. The van der Waals surface area contributed by atoms with Crippen LogP contribution in [0.5, 0.6) is 0 Å². The van der Waals surface area contributed by atoms with E-state index in [-0.39, 0.29) is 12.5 Å². The summed E-state index contributed by atoms with van der Waals surface area (Å²) in [4.78, 5) is 25.8. The van der Waals surface area contributed by atoms with Gasteiger partial charge in [-0.3, -0.25) is 9.69 Å². The van der Waals surface area contributed by atoms with E-state index in [1.54, 1.807) is 18.9 Å². The number of hydrogen-bond donors (Lipinski definition) is 0. The summed E-state index contributed by atoms with van der Waals surface area (Å²) >= 11 is 0. The zero-order valence-electron chi connectivity index (χ0n) is 8.65. The van der Waals surface area contributed by atoms with Crippen molar-refractivity contribution in [1.29, 1.82) is 0 Å². The monoisotopic (exact) mass is 200 g/mol. The van der Waals surface area contributed by atoms with E-state index in [0.717, 1.165) is 6.42 Å². The van der Waals surface area contributed by atoms with Crippen LogP contribution < -0.4 is 0 Å². The second-order valence-electron chi connectivity index (χ2n) is 3.29. The van der Waals surface area contributed by atoms with Gasteiger partial charge in [0.25, 0.3) is 0 Å². The van der Waals surface area contributed by atoms with Gasteiger partial charge in [-0.2, -0.15) is 0 Å². The third-order valence-electron chi connectivity index (χ3n) is 2.20. The van der Waals surface area contributed by atoms with Crippen LogP contribution in [0.15, 0.2) is 0 Å². The van der Waals surface area contributed by atoms with Crippen molar-refractivity contribution in [2.45, 2.75) is 13.3 Å². The van der Waals surface area contributed by atoms with E-state index < -0.39 is 6.09 Å². The van der Waals surface area contributed by atoms with E-state index in [9.17, 15) is 9.59 Å². The van der Waals surface area contributed by atoms with Gasteiger partial charge in [0.2, 0.25) is 5.91 Å². The van der Waals surface area contributed by atoms with E-state index in [1.807, 2.05) is 0 Å². The fourth-order valence-corrected chi connectivity index (χ4v) is 1.36. The largest absolute Gasteiger partial charge is 0.450 e. The smallest absolute Gasteiger partial charge is 0.410 e. The Hall–Kier alpha value is -1.26. The quantitative estimate of drug-likeness (QED) is 0.612. The minimum Gasteiger partial charge on any atom is -0.450 e. The van der Waals surface area contributed by atoms with Crippen LogP contribution in [0.25, 0.3) is 0 Å². The minimum atomic E-state index is -0.392. The maximum Gasteiger partial charge on any atom is 0.410 e. The molecule has 80 valence electrons. The lowest BCUT2D eigenvalue weighted by Gasteiger charge is -2.18. The van der Waals surface area contributed by atoms with Gasteiger partial charge in [-0.25, -0.2) is 4.79 Å². The molecule has 0 spiro atoms. The standard InChI is InChI=1S/C9H16N2O3/c1-3-14-9(13)11-6-4-5-10(2)8(12)7-11/h3-7H2,1-2H3. The summed E-state index contributed by atoms with van der Waals surface area (Å²) in [6, 6.07) is 0. The molecular formula is C9H16N2O3. The van der Waals surface area contributed by atoms with Crippen molar-refractivity contribution in [2.75, 3.05) is 33.3 Å². The molecule has 0 aromatic heterocycles. The van der Waals surface area contributed by atoms with Crippen molar-refractivity contribution in [1.82, 2.24) is 9.80 Å². The second kappa shape index (κ2) is 4.83. The predicted octanol–water partition coefficient (Wildman–Crippen LogP) is 0.307. The highest BCUT2D eigenvalue weighted by atomic mass is 16.6. The van der Waals surface area contributed by atoms with Crippen LogP contribution in [0.1, 0.15) is 13.3 Å². The molecule has 0 atom stereocenters. The molecule has 0 radical (unpaired) electrons. The number of carbonyl (C=O) groups is 2. The number of ether oxygens (including phenoxy) is 1. The fraction of sp³-hybridized carbons (Fsp3) is 0.778. The van der Waals surface area contributed by atoms with E-state index in [4.69, 9.17) is 4.74 Å². The van der Waals surface area contributed by atoms with Gasteiger partial charge in [-0.05, 0) is 13.3 Å². The Balaban J connectivity index is 2.54. The molecule has 1 fully saturated rings. The summed E-state index contributed by atoms with van der Waals surface area (Å²) < 4.78 is 4.84. The third-order valence-corrected chi connectivity index (χ3v) is 2.20. The minimum absolute atomic E-state index is 0.0319. The predicted molar refractivity (Wildman–Crippen MR) is 50.8 cm³/mol. The average molecular weight is 200 g/mol. The van der Waals surface area contributed by atoms with Crippen molar-refractivity contribution >= 4 is 12.0 Å². The van der Waals surface area contributed by atoms with Gasteiger partial charge in [0.05, 0.1) is 6.61 Å². The maximum atomic E-state index is 11.4. The molecule has 0 unspecified atom stereocenters. The summed E-state index contributed by atoms with van der Waals surface area (Å²) in [7, 11) is 1.75. The van der Waals surface area contributed by atoms with Crippen molar-refractivity contribution in [3.05, 3.63) is 0 Å². The van der Waals surface area contributed by atoms with Gasteiger partial charge >= 0.3 is 6.09 Å². The first-order valence-electron chi connectivity index (χ1n) is 4.80. The fourth-order valence-electron chi connectivity index (χ4n) is 1.36. The Kier molecular flexibility index (Phi) is 3.73. The summed E-state index contributed by atoms with van der Waals surface area (Å²) in [5, 5.41) is 0. The number of nitrogens with zero attached hydrogens (tertiary/aromatic N) is 2. The van der Waals surface area contributed by atoms with Crippen LogP contribution >= 0.6 is 0 Å². The molecule has 1 saturated heterocycles. The van der Waals surface area contributed by atoms with Gasteiger partial charge in [0.1, 0.15) is 6.54 Å². The van der Waals surface area contributed by atoms with Crippen molar-refractivity contribution in [3.8, 4) is 0 Å². The Morgan fingerprint density at radius 2 is 2.21 bits per heavy atom. The lowest BCUT2D eigenvalue weighted by Crippen LogP contribution is -2.38. The SMILES string of the molecule is CCOC(=O)N1CCCN(C)C(=O)C1. The van der Waals surface area contributed by atoms with E-state index >= 15 is 0 Å². The van der Waals surface area contributed by atoms with Gasteiger partial charge < -0.3 is 9.64 Å². The Labute approximate surface area is 83.6 Å². The average Bonchev–Trinajstić information content (AvgIpc) is 2.30. The van der Waals surface area contributed by atoms with Crippen LogP contribution in [0.4, 0.5) is 4.79 Å². The summed E-state index contributed by atoms with van der Waals surface area (Å²) in [6.07, 6.45) is 0.414. The molecule has 14 heavy (non-hydrogen) atoms. The first-order valence-corrected chi connectivity index (χ1v) is 4.80. The molecule has 0 bridgehead atoms. The molecule has 1 rings (SSSR count). The van der Waals surface area contributed by atoms with Crippen LogP contribution in [0, 0.1) is 0 Å². The van der Waals surface area contributed by atoms with E-state index in [0.29, 0.717) is 19.7 Å². The zero-order valence-corrected chi connectivity index (χ0v) is 8.65. The first-order chi connectivity index (χ1) is 6.65. The zero-order chi connectivity index (χ0) is 10.6. The number of likely N-dealkylation sites (N-methyl/N-ethyl adjacent to an activating group) is 1. The van der Waals surface area contributed by atoms with Crippen molar-refractivity contribution in [3.63, 3.8) is 0 Å². The van der Waals surface area contributed by atoms with Crippen LogP contribution in [0.3, 0.4) is 0 Å². The molecule has 0 saturated carbocycles. The highest BCUT2D eigenvalue weighted by Gasteiger charge is 2.23. The molecule has 2 amide bonds. The Bertz CT molecular complexity index is 230. The lowest BCUT2D eigenvalue weighted by atomic mass is 10.4. The van der Waals surface area contributed by atoms with Gasteiger partial charge in [-0.15, -0.1) is 0 Å². The Morgan fingerprint density at radius 3 is 2.86 bits per heavy atom. The number of rotatable bonds is 1. The summed E-state index contributed by atoms with van der Waals surface area (Å²) in [5.74, 6) is -0.0319. The molecule has 5 heteroatoms. The topological polar surface area (TPSA) is 49.9 Å². The number of carbonyl (C=O) groups excluding carboxylic acids is 2. The molecule has 0 N–H and O–H groups in total.